The molecule has 0 radical (unpaired) electrons. The van der Waals surface area contributed by atoms with E-state index in [1.165, 1.54) is 17.7 Å². The molecule has 0 aromatic heterocycles. The van der Waals surface area contributed by atoms with Crippen LogP contribution >= 0.6 is 12.2 Å². The Morgan fingerprint density at radius 3 is 2.28 bits per heavy atom. The van der Waals surface area contributed by atoms with Gasteiger partial charge in [0, 0.05) is 30.3 Å². The molecule has 126 valence electrons. The highest BCUT2D eigenvalue weighted by Crippen LogP contribution is 2.24. The van der Waals surface area contributed by atoms with Crippen molar-refractivity contribution >= 4 is 28.7 Å². The van der Waals surface area contributed by atoms with E-state index >= 15 is 0 Å². The van der Waals surface area contributed by atoms with Gasteiger partial charge in [-0.2, -0.15) is 0 Å². The average Bonchev–Trinajstić information content (AvgIpc) is 3.15. The van der Waals surface area contributed by atoms with Crippen LogP contribution < -0.4 is 10.6 Å². The summed E-state index contributed by atoms with van der Waals surface area (Å²) in [6.45, 7) is 0.500. The summed E-state index contributed by atoms with van der Waals surface area (Å²) in [6, 6.07) is 14.5. The van der Waals surface area contributed by atoms with Crippen molar-refractivity contribution in [1.82, 2.24) is 5.32 Å². The van der Waals surface area contributed by atoms with E-state index in [4.69, 9.17) is 12.2 Å². The number of hydrogen-bond acceptors (Lipinski definition) is 3. The van der Waals surface area contributed by atoms with Crippen molar-refractivity contribution in [3.63, 3.8) is 0 Å². The van der Waals surface area contributed by atoms with E-state index in [0.717, 1.165) is 11.3 Å². The third-order valence-electron chi connectivity index (χ3n) is 3.90. The topological polar surface area (TPSA) is 67.2 Å². The Labute approximate surface area is 151 Å². The summed E-state index contributed by atoms with van der Waals surface area (Å²) in [7, 11) is 0. The highest BCUT2D eigenvalue weighted by molar-refractivity contribution is 7.80. The maximum Gasteiger partial charge on any atom is 0.269 e. The number of rotatable bonds is 5. The largest absolute Gasteiger partial charge is 0.358 e. The number of nitro benzene ring substituents is 1. The number of allylic oxidation sites excluding steroid dienone is 4. The van der Waals surface area contributed by atoms with Crippen LogP contribution in [-0.2, 0) is 6.54 Å². The summed E-state index contributed by atoms with van der Waals surface area (Å²) < 4.78 is 0. The highest BCUT2D eigenvalue weighted by atomic mass is 32.1. The molecule has 2 aromatic carbocycles. The number of nitrogens with zero attached hydrogens (tertiary/aromatic N) is 1. The first-order chi connectivity index (χ1) is 12.1. The molecular weight excluding hydrogens is 334 g/mol. The number of nitrogens with one attached hydrogen (secondary N) is 2. The Morgan fingerprint density at radius 2 is 1.68 bits per heavy atom. The lowest BCUT2D eigenvalue weighted by molar-refractivity contribution is -0.384. The Balaban J connectivity index is 1.51. The van der Waals surface area contributed by atoms with Crippen LogP contribution in [0.15, 0.2) is 72.8 Å². The normalized spacial score (nSPS) is 13.0. The number of hydrogen-bond donors (Lipinski definition) is 2. The van der Waals surface area contributed by atoms with Gasteiger partial charge in [0.25, 0.3) is 5.69 Å². The summed E-state index contributed by atoms with van der Waals surface area (Å²) in [5.74, 6) is 0.348. The first kappa shape index (κ1) is 16.9. The third kappa shape index (κ3) is 4.51. The van der Waals surface area contributed by atoms with Crippen LogP contribution in [0.4, 0.5) is 11.4 Å². The van der Waals surface area contributed by atoms with Gasteiger partial charge in [0.05, 0.1) is 4.92 Å². The monoisotopic (exact) mass is 351 g/mol. The van der Waals surface area contributed by atoms with Crippen LogP contribution in [0.2, 0.25) is 0 Å². The first-order valence-electron chi connectivity index (χ1n) is 7.85. The van der Waals surface area contributed by atoms with E-state index < -0.39 is 4.92 Å². The molecule has 0 saturated carbocycles. The van der Waals surface area contributed by atoms with Gasteiger partial charge in [-0.15, -0.1) is 0 Å². The van der Waals surface area contributed by atoms with E-state index in [9.17, 15) is 10.1 Å². The summed E-state index contributed by atoms with van der Waals surface area (Å²) in [5, 5.41) is 17.4. The fourth-order valence-electron chi connectivity index (χ4n) is 2.54. The minimum Gasteiger partial charge on any atom is -0.358 e. The molecule has 2 N–H and O–H groups in total. The average molecular weight is 351 g/mol. The van der Waals surface area contributed by atoms with E-state index in [-0.39, 0.29) is 5.69 Å². The number of thiocarbonyl (C=S) groups is 1. The summed E-state index contributed by atoms with van der Waals surface area (Å²) in [4.78, 5) is 10.2. The molecule has 5 nitrogen and oxygen atoms in total. The Bertz CT molecular complexity index is 815. The summed E-state index contributed by atoms with van der Waals surface area (Å²) >= 11 is 5.29. The zero-order valence-corrected chi connectivity index (χ0v) is 14.2. The molecule has 0 bridgehead atoms. The van der Waals surface area contributed by atoms with Gasteiger partial charge in [-0.1, -0.05) is 48.6 Å². The zero-order chi connectivity index (χ0) is 17.6. The van der Waals surface area contributed by atoms with Gasteiger partial charge < -0.3 is 10.6 Å². The molecular formula is C19H17N3O2S. The second-order valence-electron chi connectivity index (χ2n) is 5.65. The van der Waals surface area contributed by atoms with Gasteiger partial charge in [0.15, 0.2) is 5.11 Å². The number of benzene rings is 2. The molecule has 25 heavy (non-hydrogen) atoms. The minimum absolute atomic E-state index is 0.0801. The second-order valence-corrected chi connectivity index (χ2v) is 6.06. The van der Waals surface area contributed by atoms with Crippen molar-refractivity contribution in [2.45, 2.75) is 12.5 Å². The predicted octanol–water partition coefficient (Wildman–Crippen LogP) is 4.29. The van der Waals surface area contributed by atoms with Crippen molar-refractivity contribution in [1.29, 1.82) is 0 Å². The summed E-state index contributed by atoms with van der Waals surface area (Å²) in [5.41, 5.74) is 3.15. The fourth-order valence-corrected chi connectivity index (χ4v) is 2.73. The second kappa shape index (κ2) is 7.72. The smallest absolute Gasteiger partial charge is 0.269 e. The van der Waals surface area contributed by atoms with Crippen LogP contribution in [0.3, 0.4) is 0 Å². The Morgan fingerprint density at radius 1 is 1.04 bits per heavy atom. The van der Waals surface area contributed by atoms with Crippen molar-refractivity contribution < 1.29 is 4.92 Å². The van der Waals surface area contributed by atoms with Crippen molar-refractivity contribution in [3.8, 4) is 0 Å². The minimum atomic E-state index is -0.412. The Kier molecular flexibility index (Phi) is 5.20. The summed E-state index contributed by atoms with van der Waals surface area (Å²) in [6.07, 6.45) is 8.40. The van der Waals surface area contributed by atoms with E-state index in [1.54, 1.807) is 12.1 Å². The van der Waals surface area contributed by atoms with Gasteiger partial charge in [-0.25, -0.2) is 0 Å². The van der Waals surface area contributed by atoms with E-state index in [2.05, 4.69) is 34.9 Å². The molecule has 6 heteroatoms. The zero-order valence-electron chi connectivity index (χ0n) is 13.4. The number of anilines is 1. The number of nitro groups is 1. The molecule has 0 atom stereocenters. The quantitative estimate of drug-likeness (QED) is 0.478. The first-order valence-corrected chi connectivity index (χ1v) is 8.26. The SMILES string of the molecule is O=[N+]([O-])c1ccc(CNC(=S)Nc2ccc(C3C=CC=C3)cc2)cc1. The van der Waals surface area contributed by atoms with Crippen LogP contribution in [0.25, 0.3) is 0 Å². The van der Waals surface area contributed by atoms with Gasteiger partial charge >= 0.3 is 0 Å². The van der Waals surface area contributed by atoms with Crippen molar-refractivity contribution in [2.75, 3.05) is 5.32 Å². The van der Waals surface area contributed by atoms with Gasteiger partial charge in [0.2, 0.25) is 0 Å². The molecule has 2 aromatic rings. The van der Waals surface area contributed by atoms with Crippen LogP contribution in [0.5, 0.6) is 0 Å². The molecule has 0 fully saturated rings. The predicted molar refractivity (Wildman–Crippen MR) is 104 cm³/mol. The lowest BCUT2D eigenvalue weighted by Gasteiger charge is -2.12. The van der Waals surface area contributed by atoms with Crippen molar-refractivity contribution in [2.24, 2.45) is 0 Å². The molecule has 0 spiro atoms. The highest BCUT2D eigenvalue weighted by Gasteiger charge is 2.07. The van der Waals surface area contributed by atoms with E-state index in [1.807, 2.05) is 24.3 Å². The maximum atomic E-state index is 10.6. The van der Waals surface area contributed by atoms with Gasteiger partial charge in [0.1, 0.15) is 0 Å². The van der Waals surface area contributed by atoms with Gasteiger partial charge in [-0.05, 0) is 35.5 Å². The third-order valence-corrected chi connectivity index (χ3v) is 4.15. The molecule has 1 aliphatic rings. The van der Waals surface area contributed by atoms with E-state index in [0.29, 0.717) is 17.6 Å². The maximum absolute atomic E-state index is 10.6. The standard InChI is InChI=1S/C19H17N3O2S/c23-22(24)18-11-5-14(6-12-18)13-20-19(25)21-17-9-7-16(8-10-17)15-3-1-2-4-15/h1-12,15H,13H2,(H2,20,21,25). The number of non-ortho nitro benzene ring substituents is 1. The van der Waals surface area contributed by atoms with Crippen LogP contribution in [0.1, 0.15) is 17.0 Å². The molecule has 3 rings (SSSR count). The lowest BCUT2D eigenvalue weighted by atomic mass is 10.0. The Hall–Kier alpha value is -2.99. The molecule has 0 heterocycles. The fraction of sp³-hybridized carbons (Fsp3) is 0.105. The molecule has 0 unspecified atom stereocenters. The lowest BCUT2D eigenvalue weighted by Crippen LogP contribution is -2.27. The molecule has 0 saturated heterocycles. The molecule has 0 aliphatic heterocycles. The van der Waals surface area contributed by atoms with Gasteiger partial charge in [-0.3, -0.25) is 10.1 Å². The molecule has 0 amide bonds. The van der Waals surface area contributed by atoms with Crippen LogP contribution in [-0.4, -0.2) is 10.0 Å². The van der Waals surface area contributed by atoms with Crippen LogP contribution in [0, 0.1) is 10.1 Å². The molecule has 1 aliphatic carbocycles. The van der Waals surface area contributed by atoms with Crippen molar-refractivity contribution in [3.05, 3.63) is 94.1 Å².